The van der Waals surface area contributed by atoms with Gasteiger partial charge < -0.3 is 28.1 Å². The molecule has 0 bridgehead atoms. The highest BCUT2D eigenvalue weighted by atomic mass is 28.4. The average Bonchev–Trinajstić information content (AvgIpc) is 2.91. The summed E-state index contributed by atoms with van der Waals surface area (Å²) >= 11 is 0. The van der Waals surface area contributed by atoms with E-state index in [4.69, 9.17) is 28.1 Å². The molecule has 0 saturated carbocycles. The van der Waals surface area contributed by atoms with Gasteiger partial charge in [-0.15, -0.1) is 0 Å². The molecule has 2 aromatic carbocycles. The predicted molar refractivity (Wildman–Crippen MR) is 153 cm³/mol. The van der Waals surface area contributed by atoms with Gasteiger partial charge in [0, 0.05) is 6.42 Å². The molecule has 0 aliphatic heterocycles. The van der Waals surface area contributed by atoms with Gasteiger partial charge in [0.2, 0.25) is 0 Å². The Kier molecular flexibility index (Phi) is 15.4. The van der Waals surface area contributed by atoms with E-state index in [1.165, 1.54) is 10.4 Å². The van der Waals surface area contributed by atoms with E-state index >= 15 is 0 Å². The molecule has 0 radical (unpaired) electrons. The molecule has 0 aliphatic rings. The van der Waals surface area contributed by atoms with Crippen molar-refractivity contribution in [2.24, 2.45) is 0 Å². The third-order valence-corrected chi connectivity index (χ3v) is 11.1. The van der Waals surface area contributed by atoms with Gasteiger partial charge in [-0.2, -0.15) is 0 Å². The SMILES string of the molecule is CCCC(=O)OCCOCCOCCOCCOCCO[Si](c1ccccc1)(c1ccccc1)C(C)(C)C. The van der Waals surface area contributed by atoms with Crippen LogP contribution in [0.4, 0.5) is 0 Å². The van der Waals surface area contributed by atoms with E-state index in [-0.39, 0.29) is 17.6 Å². The highest BCUT2D eigenvalue weighted by Gasteiger charge is 2.49. The van der Waals surface area contributed by atoms with Crippen molar-refractivity contribution in [3.8, 4) is 0 Å². The van der Waals surface area contributed by atoms with Gasteiger partial charge in [0.25, 0.3) is 8.32 Å². The molecule has 38 heavy (non-hydrogen) atoms. The van der Waals surface area contributed by atoms with Crippen LogP contribution in [0.3, 0.4) is 0 Å². The summed E-state index contributed by atoms with van der Waals surface area (Å²) in [7, 11) is -2.52. The zero-order chi connectivity index (χ0) is 27.5. The van der Waals surface area contributed by atoms with Crippen molar-refractivity contribution in [2.75, 3.05) is 66.1 Å². The van der Waals surface area contributed by atoms with Crippen LogP contribution in [0.1, 0.15) is 40.5 Å². The van der Waals surface area contributed by atoms with E-state index < -0.39 is 8.32 Å². The van der Waals surface area contributed by atoms with E-state index in [0.29, 0.717) is 65.9 Å². The van der Waals surface area contributed by atoms with Crippen LogP contribution in [0.15, 0.2) is 60.7 Å². The van der Waals surface area contributed by atoms with Gasteiger partial charge in [-0.25, -0.2) is 0 Å². The van der Waals surface area contributed by atoms with Gasteiger partial charge in [-0.3, -0.25) is 4.79 Å². The molecule has 0 amide bonds. The summed E-state index contributed by atoms with van der Waals surface area (Å²) in [5.74, 6) is -0.180. The van der Waals surface area contributed by atoms with E-state index in [0.717, 1.165) is 6.42 Å². The van der Waals surface area contributed by atoms with Crippen molar-refractivity contribution in [1.82, 2.24) is 0 Å². The molecular formula is C30H46O7Si. The molecule has 0 spiro atoms. The number of esters is 1. The first-order valence-electron chi connectivity index (χ1n) is 13.6. The number of hydrogen-bond acceptors (Lipinski definition) is 7. The standard InChI is InChI=1S/C30H46O7Si/c1-5-12-29(31)36-25-23-34-21-19-32-17-18-33-20-22-35-24-26-37-38(30(2,3)4,27-13-8-6-9-14-27)28-15-10-7-11-16-28/h6-11,13-16H,5,12,17-26H2,1-4H3. The van der Waals surface area contributed by atoms with Crippen LogP contribution >= 0.6 is 0 Å². The second-order valence-electron chi connectivity index (χ2n) is 9.93. The molecule has 2 aromatic rings. The highest BCUT2D eigenvalue weighted by Crippen LogP contribution is 2.36. The monoisotopic (exact) mass is 546 g/mol. The van der Waals surface area contributed by atoms with E-state index in [1.807, 2.05) is 19.1 Å². The minimum absolute atomic E-state index is 0.0503. The third-order valence-electron chi connectivity index (χ3n) is 6.02. The first kappa shape index (κ1) is 32.1. The number of benzene rings is 2. The Morgan fingerprint density at radius 1 is 0.632 bits per heavy atom. The van der Waals surface area contributed by atoms with Crippen LogP contribution in [0.5, 0.6) is 0 Å². The maximum absolute atomic E-state index is 11.2. The Hall–Kier alpha value is -2.07. The zero-order valence-corrected chi connectivity index (χ0v) is 24.6. The second-order valence-corrected chi connectivity index (χ2v) is 14.2. The minimum Gasteiger partial charge on any atom is -0.463 e. The van der Waals surface area contributed by atoms with Crippen LogP contribution in [0.25, 0.3) is 0 Å². The Balaban J connectivity index is 1.60. The normalized spacial score (nSPS) is 12.0. The highest BCUT2D eigenvalue weighted by molar-refractivity contribution is 6.99. The molecule has 0 fully saturated rings. The Bertz CT molecular complexity index is 832. The summed E-state index contributed by atoms with van der Waals surface area (Å²) in [6, 6.07) is 21.2. The summed E-state index contributed by atoms with van der Waals surface area (Å²) in [6.07, 6.45) is 1.24. The fourth-order valence-electron chi connectivity index (χ4n) is 4.27. The summed E-state index contributed by atoms with van der Waals surface area (Å²) in [5, 5.41) is 2.48. The number of rotatable bonds is 20. The lowest BCUT2D eigenvalue weighted by Crippen LogP contribution is -2.66. The fraction of sp³-hybridized carbons (Fsp3) is 0.567. The second kappa shape index (κ2) is 18.3. The molecule has 0 unspecified atom stereocenters. The van der Waals surface area contributed by atoms with E-state index in [1.54, 1.807) is 0 Å². The van der Waals surface area contributed by atoms with Crippen molar-refractivity contribution < 1.29 is 32.9 Å². The van der Waals surface area contributed by atoms with Crippen LogP contribution in [-0.4, -0.2) is 80.4 Å². The molecule has 0 N–H and O–H groups in total. The molecule has 0 saturated heterocycles. The quantitative estimate of drug-likeness (QED) is 0.141. The van der Waals surface area contributed by atoms with Crippen molar-refractivity contribution in [3.05, 3.63) is 60.7 Å². The van der Waals surface area contributed by atoms with Gasteiger partial charge in [0.05, 0.1) is 59.5 Å². The molecule has 0 aliphatic carbocycles. The van der Waals surface area contributed by atoms with Crippen LogP contribution < -0.4 is 10.4 Å². The van der Waals surface area contributed by atoms with Crippen molar-refractivity contribution >= 4 is 24.7 Å². The first-order valence-corrected chi connectivity index (χ1v) is 15.5. The lowest BCUT2D eigenvalue weighted by molar-refractivity contribution is -0.145. The first-order chi connectivity index (χ1) is 18.4. The third kappa shape index (κ3) is 11.0. The maximum Gasteiger partial charge on any atom is 0.305 e. The molecule has 212 valence electrons. The van der Waals surface area contributed by atoms with Crippen molar-refractivity contribution in [2.45, 2.75) is 45.6 Å². The van der Waals surface area contributed by atoms with Gasteiger partial charge in [-0.05, 0) is 21.8 Å². The van der Waals surface area contributed by atoms with Gasteiger partial charge in [-0.1, -0.05) is 88.4 Å². The van der Waals surface area contributed by atoms with E-state index in [9.17, 15) is 4.79 Å². The molecule has 0 aromatic heterocycles. The van der Waals surface area contributed by atoms with Crippen LogP contribution in [0, 0.1) is 0 Å². The zero-order valence-electron chi connectivity index (χ0n) is 23.6. The summed E-state index contributed by atoms with van der Waals surface area (Å²) in [6.45, 7) is 13.4. The van der Waals surface area contributed by atoms with Gasteiger partial charge >= 0.3 is 5.97 Å². The summed E-state index contributed by atoms with van der Waals surface area (Å²) < 4.78 is 34.1. The molecule has 7 nitrogen and oxygen atoms in total. The Morgan fingerprint density at radius 2 is 1.03 bits per heavy atom. The largest absolute Gasteiger partial charge is 0.463 e. The van der Waals surface area contributed by atoms with E-state index in [2.05, 4.69) is 69.3 Å². The van der Waals surface area contributed by atoms with Crippen molar-refractivity contribution in [3.63, 3.8) is 0 Å². The number of ether oxygens (including phenoxy) is 5. The molecule has 2 rings (SSSR count). The Labute approximate surface area is 229 Å². The van der Waals surface area contributed by atoms with Crippen molar-refractivity contribution in [1.29, 1.82) is 0 Å². The van der Waals surface area contributed by atoms with Gasteiger partial charge in [0.1, 0.15) is 6.61 Å². The lowest BCUT2D eigenvalue weighted by Gasteiger charge is -2.43. The summed E-state index contributed by atoms with van der Waals surface area (Å²) in [5.41, 5.74) is 0. The predicted octanol–water partition coefficient (Wildman–Crippen LogP) is 3.97. The topological polar surface area (TPSA) is 72.5 Å². The molecule has 0 atom stereocenters. The Morgan fingerprint density at radius 3 is 1.42 bits per heavy atom. The van der Waals surface area contributed by atoms with Crippen LogP contribution in [0.2, 0.25) is 5.04 Å². The number of carbonyl (C=O) groups is 1. The summed E-state index contributed by atoms with van der Waals surface area (Å²) in [4.78, 5) is 11.2. The lowest BCUT2D eigenvalue weighted by atomic mass is 10.2. The maximum atomic E-state index is 11.2. The minimum atomic E-state index is -2.52. The molecule has 0 heterocycles. The number of carbonyl (C=O) groups excluding carboxylic acids is 1. The van der Waals surface area contributed by atoms with Gasteiger partial charge in [0.15, 0.2) is 0 Å². The molecule has 8 heteroatoms. The fourth-order valence-corrected chi connectivity index (χ4v) is 8.81. The van der Waals surface area contributed by atoms with Crippen LogP contribution in [-0.2, 0) is 32.9 Å². The smallest absolute Gasteiger partial charge is 0.305 e. The number of hydrogen-bond donors (Lipinski definition) is 0. The average molecular weight is 547 g/mol. The molecular weight excluding hydrogens is 500 g/mol.